The van der Waals surface area contributed by atoms with E-state index < -0.39 is 124 Å². The Hall–Kier alpha value is -2.51. The molecule has 0 spiro atoms. The highest BCUT2D eigenvalue weighted by Gasteiger charge is 2.54. The number of ether oxygens (including phenoxy) is 6. The summed E-state index contributed by atoms with van der Waals surface area (Å²) in [6.45, 7) is 1.74. The average Bonchev–Trinajstić information content (AvgIpc) is 0.782. The fourth-order valence-corrected chi connectivity index (χ4v) is 13.7. The number of aliphatic hydroxyl groups excluding tert-OH is 11. The van der Waals surface area contributed by atoms with Crippen molar-refractivity contribution in [3.8, 4) is 0 Å². The molecule has 590 valence electrons. The van der Waals surface area contributed by atoms with Crippen LogP contribution in [0.5, 0.6) is 0 Å². The Kier molecular flexibility index (Phi) is 57.4. The number of carbonyl (C=O) groups excluding carboxylic acids is 1. The molecule has 0 radical (unpaired) electrons. The van der Waals surface area contributed by atoms with Gasteiger partial charge in [-0.2, -0.15) is 0 Å². The number of hydrogen-bond acceptors (Lipinski definition) is 18. The van der Waals surface area contributed by atoms with Crippen LogP contribution in [0.15, 0.2) is 60.8 Å². The van der Waals surface area contributed by atoms with Crippen LogP contribution < -0.4 is 5.32 Å². The third-order valence-corrected chi connectivity index (χ3v) is 20.3. The number of hydrogen-bond donors (Lipinski definition) is 12. The lowest BCUT2D eigenvalue weighted by molar-refractivity contribution is -0.379. The average molecular weight is 1440 g/mol. The van der Waals surface area contributed by atoms with Crippen LogP contribution in [0.25, 0.3) is 0 Å². The van der Waals surface area contributed by atoms with Crippen molar-refractivity contribution in [1.29, 1.82) is 0 Å². The summed E-state index contributed by atoms with van der Waals surface area (Å²) in [4.78, 5) is 13.5. The van der Waals surface area contributed by atoms with E-state index >= 15 is 0 Å². The van der Waals surface area contributed by atoms with Crippen molar-refractivity contribution in [3.63, 3.8) is 0 Å². The van der Waals surface area contributed by atoms with Crippen LogP contribution >= 0.6 is 0 Å². The lowest BCUT2D eigenvalue weighted by Gasteiger charge is -2.48. The Morgan fingerprint density at radius 1 is 0.356 bits per heavy atom. The highest BCUT2D eigenvalue weighted by Crippen LogP contribution is 2.33. The van der Waals surface area contributed by atoms with Gasteiger partial charge >= 0.3 is 0 Å². The Labute approximate surface area is 611 Å². The van der Waals surface area contributed by atoms with Gasteiger partial charge in [0.15, 0.2) is 18.9 Å². The molecule has 0 aromatic rings. The number of aliphatic hydroxyl groups is 11. The van der Waals surface area contributed by atoms with E-state index in [2.05, 4.69) is 67.8 Å². The molecule has 0 aromatic carbocycles. The van der Waals surface area contributed by atoms with Crippen molar-refractivity contribution in [3.05, 3.63) is 60.8 Å². The molecule has 3 rings (SSSR count). The Bertz CT molecular complexity index is 2060. The maximum Gasteiger partial charge on any atom is 0.220 e. The van der Waals surface area contributed by atoms with Gasteiger partial charge in [0.05, 0.1) is 38.6 Å². The van der Waals surface area contributed by atoms with Crippen molar-refractivity contribution in [2.75, 3.05) is 26.4 Å². The number of allylic oxidation sites excluding steroid dienone is 9. The molecule has 17 atom stereocenters. The van der Waals surface area contributed by atoms with Crippen LogP contribution in [0.2, 0.25) is 0 Å². The minimum Gasteiger partial charge on any atom is -0.394 e. The second kappa shape index (κ2) is 62.5. The molecule has 12 N–H and O–H groups in total. The predicted molar refractivity (Wildman–Crippen MR) is 402 cm³/mol. The minimum atomic E-state index is -1.98. The van der Waals surface area contributed by atoms with E-state index in [1.165, 1.54) is 225 Å². The van der Waals surface area contributed by atoms with E-state index in [0.717, 1.165) is 64.2 Å². The molecule has 19 nitrogen and oxygen atoms in total. The third kappa shape index (κ3) is 42.6. The smallest absolute Gasteiger partial charge is 0.220 e. The zero-order valence-electron chi connectivity index (χ0n) is 63.1. The van der Waals surface area contributed by atoms with Gasteiger partial charge in [0.2, 0.25) is 5.91 Å². The molecule has 0 bridgehead atoms. The van der Waals surface area contributed by atoms with Crippen molar-refractivity contribution in [2.24, 2.45) is 0 Å². The summed E-state index contributed by atoms with van der Waals surface area (Å²) in [6.07, 6.45) is 53.6. The van der Waals surface area contributed by atoms with Gasteiger partial charge in [-0.3, -0.25) is 4.79 Å². The molecule has 3 aliphatic heterocycles. The molecular weight excluding hydrogens is 1290 g/mol. The van der Waals surface area contributed by atoms with Gasteiger partial charge in [-0.25, -0.2) is 0 Å². The summed E-state index contributed by atoms with van der Waals surface area (Å²) in [6, 6.07) is -0.997. The molecule has 3 heterocycles. The maximum absolute atomic E-state index is 13.5. The molecule has 3 aliphatic rings. The zero-order valence-corrected chi connectivity index (χ0v) is 63.1. The Morgan fingerprint density at radius 3 is 1.06 bits per heavy atom. The Balaban J connectivity index is 1.39. The van der Waals surface area contributed by atoms with Crippen molar-refractivity contribution >= 4 is 5.91 Å². The second-order valence-corrected chi connectivity index (χ2v) is 29.2. The first kappa shape index (κ1) is 92.7. The number of carbonyl (C=O) groups is 1. The first-order chi connectivity index (χ1) is 49.3. The van der Waals surface area contributed by atoms with Crippen LogP contribution in [0, 0.1) is 0 Å². The molecule has 17 unspecified atom stereocenters. The van der Waals surface area contributed by atoms with E-state index in [4.69, 9.17) is 28.4 Å². The van der Waals surface area contributed by atoms with Crippen LogP contribution in [0.4, 0.5) is 0 Å². The summed E-state index contributed by atoms with van der Waals surface area (Å²) in [5.74, 6) is -0.287. The summed E-state index contributed by atoms with van der Waals surface area (Å²) >= 11 is 0. The number of rotatable bonds is 65. The molecule has 3 fully saturated rings. The highest BCUT2D eigenvalue weighted by molar-refractivity contribution is 5.76. The van der Waals surface area contributed by atoms with E-state index in [9.17, 15) is 61.0 Å². The molecule has 0 aromatic heterocycles. The standard InChI is InChI=1S/C82H149NO18/c1-3-5-7-9-11-13-15-17-19-21-23-25-27-29-30-31-32-33-34-36-37-39-41-43-45-47-49-51-53-55-57-59-66(87)65(83-70(88)60-58-56-54-52-50-48-46-44-42-40-38-35-28-26-24-22-20-18-16-14-12-10-8-6-4-2)64-96-80-76(94)73(91)78(68(62-85)98-80)101-82-77(95)74(92)79(69(63-86)99-82)100-81-75(93)72(90)71(89)67(61-84)97-81/h16,18,22,24,28,35,49,51,57,59,65-69,71-82,84-87,89-95H,3-15,17,19-21,23,25-27,29-34,36-48,50,52-56,58,60-64H2,1-2H3,(H,83,88)/b18-16-,24-22-,35-28-,51-49+,59-57+. The fourth-order valence-electron chi connectivity index (χ4n) is 13.7. The molecule has 0 aliphatic carbocycles. The summed E-state index contributed by atoms with van der Waals surface area (Å²) in [7, 11) is 0. The fraction of sp³-hybridized carbons (Fsp3) is 0.866. The highest BCUT2D eigenvalue weighted by atomic mass is 16.8. The van der Waals surface area contributed by atoms with Crippen LogP contribution in [0.1, 0.15) is 322 Å². The van der Waals surface area contributed by atoms with Crippen LogP contribution in [-0.2, 0) is 33.2 Å². The largest absolute Gasteiger partial charge is 0.394 e. The van der Waals surface area contributed by atoms with Crippen LogP contribution in [-0.4, -0.2) is 193 Å². The van der Waals surface area contributed by atoms with Crippen LogP contribution in [0.3, 0.4) is 0 Å². The lowest BCUT2D eigenvalue weighted by atomic mass is 9.96. The Morgan fingerprint density at radius 2 is 0.663 bits per heavy atom. The molecule has 1 amide bonds. The predicted octanol–water partition coefficient (Wildman–Crippen LogP) is 13.8. The normalized spacial score (nSPS) is 26.6. The van der Waals surface area contributed by atoms with Gasteiger partial charge in [-0.1, -0.05) is 306 Å². The molecular formula is C82H149NO18. The monoisotopic (exact) mass is 1440 g/mol. The number of amides is 1. The molecule has 19 heteroatoms. The maximum atomic E-state index is 13.5. The van der Waals surface area contributed by atoms with Gasteiger partial charge in [-0.15, -0.1) is 0 Å². The van der Waals surface area contributed by atoms with E-state index in [0.29, 0.717) is 12.8 Å². The summed E-state index contributed by atoms with van der Waals surface area (Å²) < 4.78 is 34.4. The third-order valence-electron chi connectivity index (χ3n) is 20.3. The first-order valence-electron chi connectivity index (χ1n) is 41.0. The van der Waals surface area contributed by atoms with Crippen molar-refractivity contribution < 1.29 is 89.4 Å². The molecule has 0 saturated carbocycles. The number of unbranched alkanes of at least 4 members (excludes halogenated alkanes) is 41. The second-order valence-electron chi connectivity index (χ2n) is 29.2. The SMILES string of the molecule is CCCCCCC/C=C\C/C=C\C/C=C\CCCCCCCCCCCCC(=O)NC(COC1OC(CO)C(OC2OC(CO)C(OC3OC(CO)C(O)C(O)C3O)C(O)C2O)C(O)C1O)C(O)/C=C/CC/C=C/CCCCCCCCCCCCCCCCCCCCCCCCCCC. The molecule has 101 heavy (non-hydrogen) atoms. The molecule has 3 saturated heterocycles. The van der Waals surface area contributed by atoms with Gasteiger partial charge in [0.25, 0.3) is 0 Å². The van der Waals surface area contributed by atoms with Gasteiger partial charge in [0, 0.05) is 6.42 Å². The van der Waals surface area contributed by atoms with Gasteiger partial charge in [-0.05, 0) is 70.6 Å². The van der Waals surface area contributed by atoms with Crippen molar-refractivity contribution in [2.45, 2.75) is 426 Å². The summed E-state index contributed by atoms with van der Waals surface area (Å²) in [5.41, 5.74) is 0. The van der Waals surface area contributed by atoms with E-state index in [-0.39, 0.29) is 18.9 Å². The zero-order chi connectivity index (χ0) is 73.2. The van der Waals surface area contributed by atoms with Gasteiger partial charge in [0.1, 0.15) is 73.2 Å². The lowest BCUT2D eigenvalue weighted by Crippen LogP contribution is -2.66. The topological polar surface area (TPSA) is 307 Å². The summed E-state index contributed by atoms with van der Waals surface area (Å²) in [5, 5.41) is 121. The quantitative estimate of drug-likeness (QED) is 0.0199. The number of nitrogens with one attached hydrogen (secondary N) is 1. The first-order valence-corrected chi connectivity index (χ1v) is 41.0. The van der Waals surface area contributed by atoms with Crippen molar-refractivity contribution in [1.82, 2.24) is 5.32 Å². The van der Waals surface area contributed by atoms with Gasteiger partial charge < -0.3 is 89.9 Å². The van der Waals surface area contributed by atoms with E-state index in [1.54, 1.807) is 6.08 Å². The minimum absolute atomic E-state index is 0.229. The van der Waals surface area contributed by atoms with E-state index in [1.807, 2.05) is 6.08 Å².